The molecule has 118 valence electrons. The maximum atomic E-state index is 11.2. The molecule has 1 rings (SSSR count). The summed E-state index contributed by atoms with van der Waals surface area (Å²) in [6.07, 6.45) is -0.544. The van der Waals surface area contributed by atoms with Gasteiger partial charge in [0.05, 0.1) is 11.5 Å². The third-order valence-electron chi connectivity index (χ3n) is 4.04. The van der Waals surface area contributed by atoms with Crippen LogP contribution < -0.4 is 0 Å². The zero-order valence-electron chi connectivity index (χ0n) is 14.0. The fraction of sp³-hybridized carbons (Fsp3) is 0.611. The summed E-state index contributed by atoms with van der Waals surface area (Å²) in [7, 11) is 0. The van der Waals surface area contributed by atoms with Crippen molar-refractivity contribution >= 4 is 5.97 Å². The summed E-state index contributed by atoms with van der Waals surface area (Å²) in [6, 6.07) is 6.12. The minimum atomic E-state index is -0.940. The molecule has 3 nitrogen and oxygen atoms in total. The molecule has 0 saturated heterocycles. The first-order chi connectivity index (χ1) is 9.56. The van der Waals surface area contributed by atoms with E-state index in [0.717, 1.165) is 11.1 Å². The average molecular weight is 292 g/mol. The Hall–Kier alpha value is -1.35. The molecule has 1 atom stereocenters. The lowest BCUT2D eigenvalue weighted by molar-refractivity contribution is -0.148. The molecule has 1 unspecified atom stereocenters. The van der Waals surface area contributed by atoms with Crippen LogP contribution in [-0.4, -0.2) is 16.2 Å². The standard InChI is InChI=1S/C18H28O3/c1-11(2)13-7-8-14(15(9-13)12(3)4)16(19)10-18(5,6)17(20)21/h7-9,11-12,16,19H,10H2,1-6H3,(H,20,21). The van der Waals surface area contributed by atoms with Crippen LogP contribution in [0.3, 0.4) is 0 Å². The quantitative estimate of drug-likeness (QED) is 0.813. The van der Waals surface area contributed by atoms with Gasteiger partial charge < -0.3 is 10.2 Å². The number of carboxylic acids is 1. The lowest BCUT2D eigenvalue weighted by Crippen LogP contribution is -2.26. The van der Waals surface area contributed by atoms with Gasteiger partial charge >= 0.3 is 5.97 Å². The van der Waals surface area contributed by atoms with Gasteiger partial charge in [0, 0.05) is 0 Å². The molecular weight excluding hydrogens is 264 g/mol. The van der Waals surface area contributed by atoms with Crippen molar-refractivity contribution < 1.29 is 15.0 Å². The first-order valence-corrected chi connectivity index (χ1v) is 7.61. The van der Waals surface area contributed by atoms with E-state index in [1.54, 1.807) is 13.8 Å². The number of aliphatic hydroxyl groups excluding tert-OH is 1. The van der Waals surface area contributed by atoms with Crippen molar-refractivity contribution in [2.45, 2.75) is 65.9 Å². The summed E-state index contributed by atoms with van der Waals surface area (Å²) in [5, 5.41) is 19.7. The van der Waals surface area contributed by atoms with E-state index in [-0.39, 0.29) is 6.42 Å². The van der Waals surface area contributed by atoms with E-state index in [0.29, 0.717) is 11.8 Å². The number of carboxylic acid groups (broad SMARTS) is 1. The van der Waals surface area contributed by atoms with E-state index in [1.165, 1.54) is 5.56 Å². The molecule has 0 aromatic heterocycles. The SMILES string of the molecule is CC(C)c1ccc(C(O)CC(C)(C)C(=O)O)c(C(C)C)c1. The summed E-state index contributed by atoms with van der Waals surface area (Å²) in [5.41, 5.74) is 2.26. The van der Waals surface area contributed by atoms with E-state index < -0.39 is 17.5 Å². The van der Waals surface area contributed by atoms with E-state index in [2.05, 4.69) is 33.8 Å². The van der Waals surface area contributed by atoms with Gasteiger partial charge in [-0.15, -0.1) is 0 Å². The second-order valence-corrected chi connectivity index (χ2v) is 7.11. The Morgan fingerprint density at radius 3 is 2.10 bits per heavy atom. The maximum absolute atomic E-state index is 11.2. The minimum Gasteiger partial charge on any atom is -0.481 e. The smallest absolute Gasteiger partial charge is 0.309 e. The van der Waals surface area contributed by atoms with Gasteiger partial charge in [-0.3, -0.25) is 4.79 Å². The van der Waals surface area contributed by atoms with Crippen molar-refractivity contribution in [3.05, 3.63) is 34.9 Å². The first-order valence-electron chi connectivity index (χ1n) is 7.61. The Kier molecular flexibility index (Phi) is 5.57. The van der Waals surface area contributed by atoms with E-state index in [4.69, 9.17) is 0 Å². The molecule has 0 saturated carbocycles. The second kappa shape index (κ2) is 6.61. The van der Waals surface area contributed by atoms with Gasteiger partial charge in [-0.25, -0.2) is 0 Å². The molecule has 3 heteroatoms. The van der Waals surface area contributed by atoms with Crippen LogP contribution >= 0.6 is 0 Å². The summed E-state index contributed by atoms with van der Waals surface area (Å²) in [5.74, 6) is -0.156. The van der Waals surface area contributed by atoms with Crippen LogP contribution in [-0.2, 0) is 4.79 Å². The third-order valence-corrected chi connectivity index (χ3v) is 4.04. The lowest BCUT2D eigenvalue weighted by atomic mass is 9.81. The fourth-order valence-electron chi connectivity index (χ4n) is 2.44. The Labute approximate surface area is 128 Å². The molecule has 1 aromatic rings. The molecule has 21 heavy (non-hydrogen) atoms. The van der Waals surface area contributed by atoms with Crippen LogP contribution in [0.5, 0.6) is 0 Å². The topological polar surface area (TPSA) is 57.5 Å². The number of aliphatic hydroxyl groups is 1. The third kappa shape index (κ3) is 4.31. The molecule has 1 aromatic carbocycles. The highest BCUT2D eigenvalue weighted by Gasteiger charge is 2.31. The van der Waals surface area contributed by atoms with Crippen LogP contribution in [0.1, 0.15) is 82.6 Å². The van der Waals surface area contributed by atoms with Gasteiger partial charge in [0.25, 0.3) is 0 Å². The molecule has 0 amide bonds. The van der Waals surface area contributed by atoms with Crippen LogP contribution in [0.4, 0.5) is 0 Å². The number of hydrogen-bond acceptors (Lipinski definition) is 2. The summed E-state index contributed by atoms with van der Waals surface area (Å²) < 4.78 is 0. The summed E-state index contributed by atoms with van der Waals surface area (Å²) >= 11 is 0. The van der Waals surface area contributed by atoms with Crippen LogP contribution in [0.2, 0.25) is 0 Å². The largest absolute Gasteiger partial charge is 0.481 e. The Morgan fingerprint density at radius 2 is 1.67 bits per heavy atom. The fourth-order valence-corrected chi connectivity index (χ4v) is 2.44. The van der Waals surface area contributed by atoms with E-state index in [9.17, 15) is 15.0 Å². The molecule has 0 heterocycles. The van der Waals surface area contributed by atoms with Crippen molar-refractivity contribution in [2.75, 3.05) is 0 Å². The normalized spacial score (nSPS) is 13.8. The average Bonchev–Trinajstić information content (AvgIpc) is 2.36. The van der Waals surface area contributed by atoms with E-state index >= 15 is 0 Å². The molecule has 0 radical (unpaired) electrons. The van der Waals surface area contributed by atoms with Crippen LogP contribution in [0.25, 0.3) is 0 Å². The molecular formula is C18H28O3. The minimum absolute atomic E-state index is 0.211. The summed E-state index contributed by atoms with van der Waals surface area (Å²) in [6.45, 7) is 11.8. The number of rotatable bonds is 6. The zero-order valence-corrected chi connectivity index (χ0v) is 14.0. The number of hydrogen-bond donors (Lipinski definition) is 2. The van der Waals surface area contributed by atoms with E-state index in [1.807, 2.05) is 12.1 Å². The first kappa shape index (κ1) is 17.7. The predicted molar refractivity (Wildman–Crippen MR) is 85.6 cm³/mol. The Morgan fingerprint density at radius 1 is 1.10 bits per heavy atom. The highest BCUT2D eigenvalue weighted by molar-refractivity contribution is 5.73. The number of benzene rings is 1. The number of carbonyl (C=O) groups is 1. The molecule has 0 fully saturated rings. The van der Waals surface area contributed by atoms with Crippen molar-refractivity contribution in [3.8, 4) is 0 Å². The van der Waals surface area contributed by atoms with Crippen molar-refractivity contribution in [1.29, 1.82) is 0 Å². The van der Waals surface area contributed by atoms with Crippen molar-refractivity contribution in [2.24, 2.45) is 5.41 Å². The van der Waals surface area contributed by atoms with Gasteiger partial charge in [-0.05, 0) is 48.8 Å². The van der Waals surface area contributed by atoms with Crippen LogP contribution in [0, 0.1) is 5.41 Å². The van der Waals surface area contributed by atoms with Crippen LogP contribution in [0.15, 0.2) is 18.2 Å². The molecule has 0 aliphatic heterocycles. The molecule has 2 N–H and O–H groups in total. The maximum Gasteiger partial charge on any atom is 0.309 e. The van der Waals surface area contributed by atoms with Gasteiger partial charge in [-0.2, -0.15) is 0 Å². The highest BCUT2D eigenvalue weighted by Crippen LogP contribution is 2.35. The van der Waals surface area contributed by atoms with Crippen molar-refractivity contribution in [1.82, 2.24) is 0 Å². The molecule has 0 aliphatic rings. The second-order valence-electron chi connectivity index (χ2n) is 7.11. The van der Waals surface area contributed by atoms with Gasteiger partial charge in [0.1, 0.15) is 0 Å². The predicted octanol–water partition coefficient (Wildman–Crippen LogP) is 4.47. The molecule has 0 aliphatic carbocycles. The van der Waals surface area contributed by atoms with Gasteiger partial charge in [0.2, 0.25) is 0 Å². The van der Waals surface area contributed by atoms with Crippen molar-refractivity contribution in [3.63, 3.8) is 0 Å². The lowest BCUT2D eigenvalue weighted by Gasteiger charge is -2.26. The summed E-state index contributed by atoms with van der Waals surface area (Å²) in [4.78, 5) is 11.2. The number of aliphatic carboxylic acids is 1. The highest BCUT2D eigenvalue weighted by atomic mass is 16.4. The van der Waals surface area contributed by atoms with Gasteiger partial charge in [0.15, 0.2) is 0 Å². The zero-order chi connectivity index (χ0) is 16.4. The molecule has 0 spiro atoms. The molecule has 0 bridgehead atoms. The Bertz CT molecular complexity index is 501. The van der Waals surface area contributed by atoms with Gasteiger partial charge in [-0.1, -0.05) is 45.9 Å². The Balaban J connectivity index is 3.14. The monoisotopic (exact) mass is 292 g/mol.